The number of aliphatic hydroxyl groups is 1. The van der Waals surface area contributed by atoms with Gasteiger partial charge in [0.25, 0.3) is 0 Å². The normalized spacial score (nSPS) is 43.7. The predicted octanol–water partition coefficient (Wildman–Crippen LogP) is 6.85. The molecule has 0 radical (unpaired) electrons. The lowest BCUT2D eigenvalue weighted by Crippen LogP contribution is -2.58. The van der Waals surface area contributed by atoms with Crippen molar-refractivity contribution < 1.29 is 14.7 Å². The second-order valence-corrected chi connectivity index (χ2v) is 9.85. The second-order valence-electron chi connectivity index (χ2n) is 9.85. The summed E-state index contributed by atoms with van der Waals surface area (Å²) in [6.07, 6.45) is 7.53. The van der Waals surface area contributed by atoms with E-state index in [1.54, 1.807) is 6.92 Å². The van der Waals surface area contributed by atoms with Gasteiger partial charge in [0.05, 0.1) is 6.10 Å². The van der Waals surface area contributed by atoms with Gasteiger partial charge in [0.2, 0.25) is 0 Å². The van der Waals surface area contributed by atoms with Crippen LogP contribution in [0.4, 0.5) is 0 Å². The molecule has 4 aliphatic rings. The van der Waals surface area contributed by atoms with Gasteiger partial charge in [-0.1, -0.05) is 55.4 Å². The van der Waals surface area contributed by atoms with Crippen LogP contribution in [0.2, 0.25) is 0 Å². The fraction of sp³-hybridized carbons (Fsp3) is 0.926. The maximum absolute atomic E-state index is 13.3. The monoisotopic (exact) mass is 422 g/mol. The van der Waals surface area contributed by atoms with E-state index in [1.165, 1.54) is 0 Å². The number of hydrogen-bond acceptors (Lipinski definition) is 3. The van der Waals surface area contributed by atoms with Crippen LogP contribution in [-0.4, -0.2) is 22.8 Å². The molecule has 4 fully saturated rings. The molecule has 3 nitrogen and oxygen atoms in total. The number of aliphatic hydroxyl groups excluding tert-OH is 1. The summed E-state index contributed by atoms with van der Waals surface area (Å²) in [6, 6.07) is 0. The fourth-order valence-corrected chi connectivity index (χ4v) is 7.72. The Bertz CT molecular complexity index is 570. The van der Waals surface area contributed by atoms with Gasteiger partial charge in [-0.15, -0.1) is 0 Å². The molecular weight excluding hydrogens is 372 g/mol. The van der Waals surface area contributed by atoms with E-state index in [1.807, 2.05) is 41.5 Å². The van der Waals surface area contributed by atoms with Gasteiger partial charge < -0.3 is 5.11 Å². The summed E-state index contributed by atoms with van der Waals surface area (Å²) >= 11 is 0. The average molecular weight is 423 g/mol. The third kappa shape index (κ3) is 4.57. The highest BCUT2D eigenvalue weighted by atomic mass is 16.3. The lowest BCUT2D eigenvalue weighted by Gasteiger charge is -2.59. The number of ketones is 2. The molecule has 0 aliphatic heterocycles. The van der Waals surface area contributed by atoms with Crippen molar-refractivity contribution in [3.8, 4) is 0 Å². The predicted molar refractivity (Wildman–Crippen MR) is 126 cm³/mol. The minimum absolute atomic E-state index is 0.0782. The Hall–Kier alpha value is -0.700. The van der Waals surface area contributed by atoms with Crippen molar-refractivity contribution in [3.63, 3.8) is 0 Å². The van der Waals surface area contributed by atoms with Crippen LogP contribution in [0.15, 0.2) is 0 Å². The number of carbonyl (C=O) groups is 2. The minimum Gasteiger partial charge on any atom is -0.393 e. The number of carbonyl (C=O) groups excluding carboxylic acids is 2. The topological polar surface area (TPSA) is 54.4 Å². The van der Waals surface area contributed by atoms with E-state index in [9.17, 15) is 14.7 Å². The van der Waals surface area contributed by atoms with Crippen LogP contribution in [0, 0.1) is 40.4 Å². The summed E-state index contributed by atoms with van der Waals surface area (Å²) in [5.74, 6) is 2.48. The van der Waals surface area contributed by atoms with E-state index < -0.39 is 0 Å². The van der Waals surface area contributed by atoms with E-state index in [4.69, 9.17) is 0 Å². The van der Waals surface area contributed by atoms with Crippen LogP contribution in [0.25, 0.3) is 0 Å². The summed E-state index contributed by atoms with van der Waals surface area (Å²) in [7, 11) is 0. The van der Waals surface area contributed by atoms with Crippen LogP contribution >= 0.6 is 0 Å². The van der Waals surface area contributed by atoms with E-state index >= 15 is 0 Å². The molecule has 0 aromatic heterocycles. The van der Waals surface area contributed by atoms with Gasteiger partial charge in [-0.25, -0.2) is 0 Å². The lowest BCUT2D eigenvalue weighted by atomic mass is 9.44. The van der Waals surface area contributed by atoms with Crippen molar-refractivity contribution in [2.75, 3.05) is 0 Å². The Morgan fingerprint density at radius 1 is 0.900 bits per heavy atom. The first-order valence-electron chi connectivity index (χ1n) is 13.0. The molecular formula is C27H50O3. The standard InChI is InChI=1S/C21H32O3.3C2H6/c1-12(22)16-6-7-17-15-5-4-13-10-14(23)8-9-20(13,2)19(15)18(24)11-21(16,17)3;3*1-2/h13-17,19,23H,4-11H2,1-3H3;3*1-2H3/t13?,14-,15?,16-,17?,19?,20+,21-;;;/m1.../s1. The van der Waals surface area contributed by atoms with Crippen molar-refractivity contribution in [2.45, 2.75) is 120 Å². The molecule has 4 unspecified atom stereocenters. The van der Waals surface area contributed by atoms with Gasteiger partial charge in [-0.2, -0.15) is 0 Å². The number of hydrogen-bond donors (Lipinski definition) is 1. The third-order valence-corrected chi connectivity index (χ3v) is 8.81. The summed E-state index contributed by atoms with van der Waals surface area (Å²) in [6.45, 7) is 18.3. The van der Waals surface area contributed by atoms with Crippen molar-refractivity contribution in [2.24, 2.45) is 40.4 Å². The number of Topliss-reactive ketones (excluding diaryl/α,β-unsaturated/α-hetero) is 2. The molecule has 176 valence electrons. The highest BCUT2D eigenvalue weighted by Gasteiger charge is 2.63. The largest absolute Gasteiger partial charge is 0.393 e. The number of fused-ring (bicyclic) bond motifs is 5. The van der Waals surface area contributed by atoms with Crippen molar-refractivity contribution in [1.29, 1.82) is 0 Å². The molecule has 1 N–H and O–H groups in total. The summed E-state index contributed by atoms with van der Waals surface area (Å²) < 4.78 is 0. The summed E-state index contributed by atoms with van der Waals surface area (Å²) in [5, 5.41) is 10.1. The van der Waals surface area contributed by atoms with Crippen LogP contribution in [0.3, 0.4) is 0 Å². The Morgan fingerprint density at radius 3 is 2.07 bits per heavy atom. The van der Waals surface area contributed by atoms with Crippen molar-refractivity contribution in [1.82, 2.24) is 0 Å². The van der Waals surface area contributed by atoms with Crippen molar-refractivity contribution >= 4 is 11.6 Å². The summed E-state index contributed by atoms with van der Waals surface area (Å²) in [4.78, 5) is 25.5. The van der Waals surface area contributed by atoms with E-state index in [0.717, 1.165) is 44.9 Å². The first-order valence-corrected chi connectivity index (χ1v) is 13.0. The fourth-order valence-electron chi connectivity index (χ4n) is 7.72. The smallest absolute Gasteiger partial charge is 0.137 e. The molecule has 4 rings (SSSR count). The molecule has 30 heavy (non-hydrogen) atoms. The van der Waals surface area contributed by atoms with Crippen LogP contribution < -0.4 is 0 Å². The molecule has 3 heteroatoms. The second kappa shape index (κ2) is 11.2. The van der Waals surface area contributed by atoms with Crippen LogP contribution in [0.1, 0.15) is 114 Å². The average Bonchev–Trinajstić information content (AvgIpc) is 3.09. The molecule has 4 aliphatic carbocycles. The van der Waals surface area contributed by atoms with Gasteiger partial charge in [0.15, 0.2) is 0 Å². The third-order valence-electron chi connectivity index (χ3n) is 8.81. The minimum atomic E-state index is -0.169. The Balaban J connectivity index is 0.000000691. The maximum Gasteiger partial charge on any atom is 0.137 e. The van der Waals surface area contributed by atoms with Gasteiger partial charge in [0, 0.05) is 18.3 Å². The molecule has 0 aromatic carbocycles. The van der Waals surface area contributed by atoms with Gasteiger partial charge >= 0.3 is 0 Å². The molecule has 0 aromatic rings. The first kappa shape index (κ1) is 27.3. The van der Waals surface area contributed by atoms with Crippen LogP contribution in [-0.2, 0) is 9.59 Å². The highest BCUT2D eigenvalue weighted by molar-refractivity contribution is 5.87. The molecule has 0 spiro atoms. The van der Waals surface area contributed by atoms with Gasteiger partial charge in [-0.05, 0) is 80.5 Å². The van der Waals surface area contributed by atoms with E-state index in [0.29, 0.717) is 30.0 Å². The zero-order valence-electron chi connectivity index (χ0n) is 21.4. The van der Waals surface area contributed by atoms with Gasteiger partial charge in [-0.3, -0.25) is 9.59 Å². The Morgan fingerprint density at radius 2 is 1.50 bits per heavy atom. The molecule has 0 bridgehead atoms. The zero-order chi connectivity index (χ0) is 23.3. The first-order chi connectivity index (χ1) is 14.3. The Labute approximate surface area is 186 Å². The number of rotatable bonds is 1. The SMILES string of the molecule is CC.CC.CC.CC(=O)[C@H]1CCC2C3CCC4C[C@H](O)CC[C@]4(C)C3C(=O)C[C@@]21C. The summed E-state index contributed by atoms with van der Waals surface area (Å²) in [5.41, 5.74) is -0.0175. The van der Waals surface area contributed by atoms with Gasteiger partial charge in [0.1, 0.15) is 11.6 Å². The van der Waals surface area contributed by atoms with E-state index in [-0.39, 0.29) is 34.6 Å². The molecule has 4 saturated carbocycles. The van der Waals surface area contributed by atoms with Crippen LogP contribution in [0.5, 0.6) is 0 Å². The maximum atomic E-state index is 13.3. The molecule has 0 saturated heterocycles. The molecule has 0 heterocycles. The Kier molecular flexibility index (Phi) is 10.2. The lowest BCUT2D eigenvalue weighted by molar-refractivity contribution is -0.162. The zero-order valence-corrected chi connectivity index (χ0v) is 21.4. The molecule has 0 amide bonds. The van der Waals surface area contributed by atoms with Crippen molar-refractivity contribution in [3.05, 3.63) is 0 Å². The molecule has 8 atom stereocenters. The van der Waals surface area contributed by atoms with E-state index in [2.05, 4.69) is 13.8 Å². The quantitative estimate of drug-likeness (QED) is 0.502. The highest BCUT2D eigenvalue weighted by Crippen LogP contribution is 2.66.